The second kappa shape index (κ2) is 4.50. The standard InChI is InChI=1S/C9H9N3OS2/c10-8-11-9(12-15-8)14-5-6-2-1-3-7(13)4-6/h1-4,13H,5H2,(H2,10,11,12). The van der Waals surface area contributed by atoms with Crippen LogP contribution < -0.4 is 5.73 Å². The lowest BCUT2D eigenvalue weighted by molar-refractivity contribution is 0.475. The number of anilines is 1. The molecule has 2 aromatic rings. The van der Waals surface area contributed by atoms with Gasteiger partial charge in [-0.3, -0.25) is 0 Å². The van der Waals surface area contributed by atoms with Crippen molar-refractivity contribution in [1.82, 2.24) is 9.36 Å². The van der Waals surface area contributed by atoms with Crippen LogP contribution in [0.3, 0.4) is 0 Å². The van der Waals surface area contributed by atoms with Gasteiger partial charge in [-0.2, -0.15) is 9.36 Å². The molecule has 4 nitrogen and oxygen atoms in total. The van der Waals surface area contributed by atoms with Crippen molar-refractivity contribution in [3.63, 3.8) is 0 Å². The Morgan fingerprint density at radius 1 is 1.47 bits per heavy atom. The fraction of sp³-hybridized carbons (Fsp3) is 0.111. The van der Waals surface area contributed by atoms with Crippen molar-refractivity contribution in [3.05, 3.63) is 29.8 Å². The Kier molecular flexibility index (Phi) is 3.08. The van der Waals surface area contributed by atoms with Gasteiger partial charge in [-0.15, -0.1) is 0 Å². The molecule has 0 fully saturated rings. The first-order valence-electron chi connectivity index (χ1n) is 4.24. The molecule has 6 heteroatoms. The zero-order valence-electron chi connectivity index (χ0n) is 7.75. The molecule has 2 rings (SSSR count). The summed E-state index contributed by atoms with van der Waals surface area (Å²) in [7, 11) is 0. The van der Waals surface area contributed by atoms with E-state index in [-0.39, 0.29) is 5.75 Å². The molecule has 78 valence electrons. The molecule has 0 amide bonds. The SMILES string of the molecule is Nc1nc(SCc2cccc(O)c2)ns1. The van der Waals surface area contributed by atoms with Gasteiger partial charge in [-0.25, -0.2) is 0 Å². The summed E-state index contributed by atoms with van der Waals surface area (Å²) in [5, 5.41) is 10.4. The molecule has 1 aromatic carbocycles. The summed E-state index contributed by atoms with van der Waals surface area (Å²) in [4.78, 5) is 4.03. The van der Waals surface area contributed by atoms with Crippen LogP contribution in [0, 0.1) is 0 Å². The predicted octanol–water partition coefficient (Wildman–Crippen LogP) is 2.12. The van der Waals surface area contributed by atoms with E-state index in [0.717, 1.165) is 11.3 Å². The van der Waals surface area contributed by atoms with Crippen molar-refractivity contribution in [2.45, 2.75) is 10.9 Å². The van der Waals surface area contributed by atoms with E-state index < -0.39 is 0 Å². The van der Waals surface area contributed by atoms with Crippen molar-refractivity contribution in [1.29, 1.82) is 0 Å². The predicted molar refractivity (Wildman–Crippen MR) is 62.0 cm³/mol. The average Bonchev–Trinajstić information content (AvgIpc) is 2.62. The van der Waals surface area contributed by atoms with Gasteiger partial charge < -0.3 is 10.8 Å². The van der Waals surface area contributed by atoms with Crippen LogP contribution in [0.4, 0.5) is 5.13 Å². The molecule has 0 spiro atoms. The van der Waals surface area contributed by atoms with Crippen molar-refractivity contribution < 1.29 is 5.11 Å². The van der Waals surface area contributed by atoms with Crippen LogP contribution in [0.2, 0.25) is 0 Å². The Labute approximate surface area is 95.3 Å². The number of hydrogen-bond donors (Lipinski definition) is 2. The Balaban J connectivity index is 1.99. The Hall–Kier alpha value is -1.27. The number of aromatic hydroxyl groups is 1. The summed E-state index contributed by atoms with van der Waals surface area (Å²) in [5.74, 6) is 1.00. The van der Waals surface area contributed by atoms with Crippen molar-refractivity contribution >= 4 is 28.4 Å². The number of phenols is 1. The van der Waals surface area contributed by atoms with Crippen LogP contribution in [0.15, 0.2) is 29.4 Å². The Bertz CT molecular complexity index is 458. The highest BCUT2D eigenvalue weighted by atomic mass is 32.2. The zero-order valence-corrected chi connectivity index (χ0v) is 9.38. The van der Waals surface area contributed by atoms with Gasteiger partial charge >= 0.3 is 0 Å². The summed E-state index contributed by atoms with van der Waals surface area (Å²) in [6.45, 7) is 0. The molecule has 0 atom stereocenters. The number of rotatable bonds is 3. The fourth-order valence-electron chi connectivity index (χ4n) is 1.07. The molecule has 1 heterocycles. The highest BCUT2D eigenvalue weighted by Gasteiger charge is 2.02. The maximum atomic E-state index is 9.26. The third-order valence-electron chi connectivity index (χ3n) is 1.70. The average molecular weight is 239 g/mol. The number of nitrogens with zero attached hydrogens (tertiary/aromatic N) is 2. The number of nitrogen functional groups attached to an aromatic ring is 1. The van der Waals surface area contributed by atoms with Crippen LogP contribution in [0.5, 0.6) is 5.75 Å². The maximum absolute atomic E-state index is 9.26. The monoisotopic (exact) mass is 239 g/mol. The van der Waals surface area contributed by atoms with Crippen LogP contribution in [-0.2, 0) is 5.75 Å². The van der Waals surface area contributed by atoms with Crippen molar-refractivity contribution in [2.24, 2.45) is 0 Å². The second-order valence-electron chi connectivity index (χ2n) is 2.87. The van der Waals surface area contributed by atoms with Gasteiger partial charge in [0.1, 0.15) is 5.75 Å². The lowest BCUT2D eigenvalue weighted by Crippen LogP contribution is -1.83. The fourth-order valence-corrected chi connectivity index (χ4v) is 2.43. The molecule has 0 aliphatic rings. The molecule has 1 aromatic heterocycles. The van der Waals surface area contributed by atoms with Gasteiger partial charge in [-0.1, -0.05) is 23.9 Å². The molecule has 0 unspecified atom stereocenters. The quantitative estimate of drug-likeness (QED) is 0.803. The number of nitrogens with two attached hydrogens (primary N) is 1. The van der Waals surface area contributed by atoms with Crippen LogP contribution >= 0.6 is 23.3 Å². The Morgan fingerprint density at radius 2 is 2.33 bits per heavy atom. The smallest absolute Gasteiger partial charge is 0.202 e. The van der Waals surface area contributed by atoms with Gasteiger partial charge in [0.15, 0.2) is 0 Å². The first kappa shape index (κ1) is 10.3. The summed E-state index contributed by atoms with van der Waals surface area (Å²) in [5.41, 5.74) is 6.50. The molecule has 15 heavy (non-hydrogen) atoms. The van der Waals surface area contributed by atoms with Gasteiger partial charge in [0.25, 0.3) is 0 Å². The molecule has 0 aliphatic carbocycles. The minimum absolute atomic E-state index is 0.277. The first-order valence-corrected chi connectivity index (χ1v) is 6.00. The second-order valence-corrected chi connectivity index (χ2v) is 4.60. The zero-order chi connectivity index (χ0) is 10.7. The van der Waals surface area contributed by atoms with E-state index in [9.17, 15) is 5.11 Å². The van der Waals surface area contributed by atoms with E-state index >= 15 is 0 Å². The van der Waals surface area contributed by atoms with E-state index in [2.05, 4.69) is 9.36 Å². The van der Waals surface area contributed by atoms with Gasteiger partial charge in [0.05, 0.1) is 0 Å². The number of thioether (sulfide) groups is 1. The lowest BCUT2D eigenvalue weighted by Gasteiger charge is -1.98. The third-order valence-corrected chi connectivity index (χ3v) is 3.28. The van der Waals surface area contributed by atoms with Gasteiger partial charge in [0, 0.05) is 17.3 Å². The molecule has 3 N–H and O–H groups in total. The molecule has 0 saturated carbocycles. The number of phenolic OH excluding ortho intramolecular Hbond substituents is 1. The minimum Gasteiger partial charge on any atom is -0.508 e. The Morgan fingerprint density at radius 3 is 3.00 bits per heavy atom. The van der Waals surface area contributed by atoms with E-state index in [4.69, 9.17) is 5.73 Å². The summed E-state index contributed by atoms with van der Waals surface area (Å²) in [6.07, 6.45) is 0. The van der Waals surface area contributed by atoms with Crippen LogP contribution in [0.25, 0.3) is 0 Å². The normalized spacial score (nSPS) is 10.4. The van der Waals surface area contributed by atoms with Crippen LogP contribution in [0.1, 0.15) is 5.56 Å². The largest absolute Gasteiger partial charge is 0.508 e. The summed E-state index contributed by atoms with van der Waals surface area (Å²) in [6, 6.07) is 7.13. The molecule has 0 saturated heterocycles. The lowest BCUT2D eigenvalue weighted by atomic mass is 10.2. The van der Waals surface area contributed by atoms with Crippen molar-refractivity contribution in [3.8, 4) is 5.75 Å². The maximum Gasteiger partial charge on any atom is 0.202 e. The topological polar surface area (TPSA) is 72.0 Å². The summed E-state index contributed by atoms with van der Waals surface area (Å²) < 4.78 is 4.06. The van der Waals surface area contributed by atoms with E-state index in [1.54, 1.807) is 12.1 Å². The highest BCUT2D eigenvalue weighted by Crippen LogP contribution is 2.23. The van der Waals surface area contributed by atoms with E-state index in [1.807, 2.05) is 12.1 Å². The summed E-state index contributed by atoms with van der Waals surface area (Å²) >= 11 is 2.69. The number of aromatic nitrogens is 2. The highest BCUT2D eigenvalue weighted by molar-refractivity contribution is 7.98. The third kappa shape index (κ3) is 2.84. The van der Waals surface area contributed by atoms with E-state index in [0.29, 0.717) is 10.3 Å². The van der Waals surface area contributed by atoms with Gasteiger partial charge in [-0.05, 0) is 17.7 Å². The van der Waals surface area contributed by atoms with Crippen LogP contribution in [-0.4, -0.2) is 14.5 Å². The van der Waals surface area contributed by atoms with E-state index in [1.165, 1.54) is 23.3 Å². The molecular formula is C9H9N3OS2. The number of hydrogen-bond acceptors (Lipinski definition) is 6. The molecule has 0 bridgehead atoms. The number of benzene rings is 1. The molecule has 0 aliphatic heterocycles. The first-order chi connectivity index (χ1) is 7.24. The minimum atomic E-state index is 0.277. The molecule has 0 radical (unpaired) electrons. The van der Waals surface area contributed by atoms with Crippen molar-refractivity contribution in [2.75, 3.05) is 5.73 Å². The van der Waals surface area contributed by atoms with Gasteiger partial charge in [0.2, 0.25) is 10.3 Å². The molecular weight excluding hydrogens is 230 g/mol.